The Hall–Kier alpha value is -0.580. The second-order valence-corrected chi connectivity index (χ2v) is 4.17. The van der Waals surface area contributed by atoms with Crippen LogP contribution in [-0.4, -0.2) is 33.2 Å². The molecule has 0 amide bonds. The quantitative estimate of drug-likeness (QED) is 0.328. The fourth-order valence-corrected chi connectivity index (χ4v) is 0.990. The van der Waals surface area contributed by atoms with Gasteiger partial charge in [-0.2, -0.15) is 0 Å². The van der Waals surface area contributed by atoms with Crippen molar-refractivity contribution in [3.05, 3.63) is 0 Å². The van der Waals surface area contributed by atoms with Crippen LogP contribution in [-0.2, 0) is 14.7 Å². The van der Waals surface area contributed by atoms with E-state index in [-0.39, 0.29) is 18.1 Å². The second-order valence-electron chi connectivity index (χ2n) is 1.70. The molecule has 0 bridgehead atoms. The van der Waals surface area contributed by atoms with E-state index in [0.29, 0.717) is 0 Å². The van der Waals surface area contributed by atoms with Crippen molar-refractivity contribution in [3.63, 3.8) is 0 Å². The summed E-state index contributed by atoms with van der Waals surface area (Å²) in [6, 6.07) is 0. The fraction of sp³-hybridized carbons (Fsp3) is 0.800. The molecule has 0 aliphatic heterocycles. The molecule has 0 aliphatic carbocycles. The Morgan fingerprint density at radius 1 is 1.60 bits per heavy atom. The summed E-state index contributed by atoms with van der Waals surface area (Å²) in [5.74, 6) is 0.163. The lowest BCUT2D eigenvalue weighted by molar-refractivity contribution is 0.163. The van der Waals surface area contributed by atoms with E-state index < -0.39 is 9.84 Å². The monoisotopic (exact) mass is 165 g/mol. The van der Waals surface area contributed by atoms with E-state index in [1.165, 1.54) is 0 Å². The van der Waals surface area contributed by atoms with Crippen LogP contribution < -0.4 is 0 Å². The van der Waals surface area contributed by atoms with Gasteiger partial charge in [-0.05, 0) is 0 Å². The largest absolute Gasteiger partial charge is 0.395 e. The summed E-state index contributed by atoms with van der Waals surface area (Å²) in [5, 5.41) is 3.06. The van der Waals surface area contributed by atoms with Crippen LogP contribution in [0.2, 0.25) is 0 Å². The predicted molar refractivity (Wildman–Crippen MR) is 39.8 cm³/mol. The van der Waals surface area contributed by atoms with E-state index in [9.17, 15) is 8.42 Å². The average Bonchev–Trinajstić information content (AvgIpc) is 1.89. The number of nitrogens with zero attached hydrogens (tertiary/aromatic N) is 1. The summed E-state index contributed by atoms with van der Waals surface area (Å²) < 4.78 is 21.5. The first-order valence-electron chi connectivity index (χ1n) is 2.91. The normalized spacial score (nSPS) is 10.9. The van der Waals surface area contributed by atoms with Crippen molar-refractivity contribution < 1.29 is 13.3 Å². The smallest absolute Gasteiger partial charge is 0.153 e. The summed E-state index contributed by atoms with van der Waals surface area (Å²) in [6.07, 6.45) is 0. The van der Waals surface area contributed by atoms with Crippen LogP contribution >= 0.6 is 0 Å². The third kappa shape index (κ3) is 4.31. The van der Waals surface area contributed by atoms with Gasteiger partial charge in [-0.15, -0.1) is 5.16 Å². The molecular formula is C5H11NO3S. The van der Waals surface area contributed by atoms with E-state index in [1.807, 2.05) is 0 Å². The molecular weight excluding hydrogens is 154 g/mol. The zero-order valence-electron chi connectivity index (χ0n) is 5.91. The van der Waals surface area contributed by atoms with Crippen LogP contribution in [0.5, 0.6) is 0 Å². The molecule has 0 N–H and O–H groups in total. The van der Waals surface area contributed by atoms with Gasteiger partial charge in [-0.1, -0.05) is 6.92 Å². The van der Waals surface area contributed by atoms with Crippen molar-refractivity contribution in [3.8, 4) is 0 Å². The van der Waals surface area contributed by atoms with E-state index in [1.54, 1.807) is 6.92 Å². The first-order valence-corrected chi connectivity index (χ1v) is 4.73. The number of rotatable bonds is 5. The molecule has 0 aromatic rings. The second kappa shape index (κ2) is 4.27. The van der Waals surface area contributed by atoms with Crippen LogP contribution in [0, 0.1) is 0 Å². The summed E-state index contributed by atoms with van der Waals surface area (Å²) >= 11 is 0. The summed E-state index contributed by atoms with van der Waals surface area (Å²) in [5.41, 5.74) is 0. The molecule has 0 radical (unpaired) electrons. The molecule has 4 nitrogen and oxygen atoms in total. The Balaban J connectivity index is 3.58. The van der Waals surface area contributed by atoms with Gasteiger partial charge in [-0.25, -0.2) is 8.42 Å². The van der Waals surface area contributed by atoms with Gasteiger partial charge in [-0.3, -0.25) is 0 Å². The van der Waals surface area contributed by atoms with Crippen molar-refractivity contribution in [1.82, 2.24) is 0 Å². The lowest BCUT2D eigenvalue weighted by atomic mass is 10.9. The van der Waals surface area contributed by atoms with E-state index >= 15 is 0 Å². The minimum atomic E-state index is -2.90. The van der Waals surface area contributed by atoms with Crippen LogP contribution in [0.4, 0.5) is 0 Å². The molecule has 0 heterocycles. The molecule has 60 valence electrons. The van der Waals surface area contributed by atoms with Gasteiger partial charge < -0.3 is 4.84 Å². The summed E-state index contributed by atoms with van der Waals surface area (Å²) in [6.45, 7) is 4.73. The van der Waals surface area contributed by atoms with Crippen LogP contribution in [0.25, 0.3) is 0 Å². The van der Waals surface area contributed by atoms with Gasteiger partial charge in [0.2, 0.25) is 0 Å². The topological polar surface area (TPSA) is 55.7 Å². The highest BCUT2D eigenvalue weighted by Crippen LogP contribution is 1.88. The molecule has 0 fully saturated rings. The average molecular weight is 165 g/mol. The highest BCUT2D eigenvalue weighted by Gasteiger charge is 2.05. The number of sulfone groups is 1. The third-order valence-corrected chi connectivity index (χ3v) is 2.69. The lowest BCUT2D eigenvalue weighted by Gasteiger charge is -1.97. The molecule has 0 aliphatic rings. The van der Waals surface area contributed by atoms with E-state index in [2.05, 4.69) is 16.7 Å². The van der Waals surface area contributed by atoms with Crippen LogP contribution in [0.15, 0.2) is 5.16 Å². The first kappa shape index (κ1) is 9.42. The SMILES string of the molecule is C=NOCCS(=O)(=O)CC. The van der Waals surface area contributed by atoms with Gasteiger partial charge in [0.25, 0.3) is 0 Å². The van der Waals surface area contributed by atoms with Crippen molar-refractivity contribution in [2.75, 3.05) is 18.1 Å². The molecule has 0 aromatic carbocycles. The molecule has 10 heavy (non-hydrogen) atoms. The van der Waals surface area contributed by atoms with Gasteiger partial charge in [0.05, 0.1) is 5.75 Å². The Kier molecular flexibility index (Phi) is 4.02. The highest BCUT2D eigenvalue weighted by molar-refractivity contribution is 7.91. The van der Waals surface area contributed by atoms with Gasteiger partial charge in [0.1, 0.15) is 6.61 Å². The van der Waals surface area contributed by atoms with Crippen molar-refractivity contribution in [2.45, 2.75) is 6.92 Å². The Morgan fingerprint density at radius 2 is 2.20 bits per heavy atom. The lowest BCUT2D eigenvalue weighted by Crippen LogP contribution is -2.12. The third-order valence-electron chi connectivity index (χ3n) is 1.02. The fourth-order valence-electron chi connectivity index (χ4n) is 0.373. The molecule has 5 heteroatoms. The van der Waals surface area contributed by atoms with Gasteiger partial charge in [0, 0.05) is 12.5 Å². The molecule has 0 atom stereocenters. The van der Waals surface area contributed by atoms with Gasteiger partial charge in [0.15, 0.2) is 9.84 Å². The minimum absolute atomic E-state index is 0.0164. The van der Waals surface area contributed by atoms with Crippen molar-refractivity contribution >= 4 is 16.6 Å². The predicted octanol–water partition coefficient (Wildman–Crippen LogP) is 0.0533. The number of hydrogen-bond acceptors (Lipinski definition) is 4. The van der Waals surface area contributed by atoms with Gasteiger partial charge >= 0.3 is 0 Å². The maximum Gasteiger partial charge on any atom is 0.153 e. The maximum atomic E-state index is 10.7. The molecule has 0 saturated carbocycles. The molecule has 0 aromatic heterocycles. The molecule has 0 spiro atoms. The van der Waals surface area contributed by atoms with Crippen LogP contribution in [0.1, 0.15) is 6.92 Å². The zero-order chi connectivity index (χ0) is 8.04. The number of oxime groups is 1. The van der Waals surface area contributed by atoms with E-state index in [4.69, 9.17) is 0 Å². The van der Waals surface area contributed by atoms with Crippen molar-refractivity contribution in [1.29, 1.82) is 0 Å². The standard InChI is InChI=1S/C5H11NO3S/c1-3-10(7,8)5-4-9-6-2/h2-5H2,1H3. The zero-order valence-corrected chi connectivity index (χ0v) is 6.73. The molecule has 0 unspecified atom stereocenters. The maximum absolute atomic E-state index is 10.7. The minimum Gasteiger partial charge on any atom is -0.395 e. The Bertz CT molecular complexity index is 185. The van der Waals surface area contributed by atoms with Crippen molar-refractivity contribution in [2.24, 2.45) is 5.16 Å². The van der Waals surface area contributed by atoms with Crippen LogP contribution in [0.3, 0.4) is 0 Å². The first-order chi connectivity index (χ1) is 4.62. The van der Waals surface area contributed by atoms with E-state index in [0.717, 1.165) is 0 Å². The Morgan fingerprint density at radius 3 is 2.60 bits per heavy atom. The summed E-state index contributed by atoms with van der Waals surface area (Å²) in [7, 11) is -2.90. The number of hydrogen-bond donors (Lipinski definition) is 0. The summed E-state index contributed by atoms with van der Waals surface area (Å²) in [4.78, 5) is 4.41. The molecule has 0 saturated heterocycles. The molecule has 0 rings (SSSR count). The highest BCUT2D eigenvalue weighted by atomic mass is 32.2. The Labute approximate surface area is 60.8 Å².